The first-order valence-electron chi connectivity index (χ1n) is 11.3. The maximum atomic E-state index is 13.6. The summed E-state index contributed by atoms with van der Waals surface area (Å²) in [5.41, 5.74) is 6.66. The van der Waals surface area contributed by atoms with Crippen LogP contribution in [0.2, 0.25) is 0 Å². The Labute approximate surface area is 193 Å². The van der Waals surface area contributed by atoms with Crippen molar-refractivity contribution in [1.29, 1.82) is 0 Å². The summed E-state index contributed by atoms with van der Waals surface area (Å²) in [4.78, 5) is 34.0. The fraction of sp³-hybridized carbons (Fsp3) is 0.385. The van der Waals surface area contributed by atoms with Crippen molar-refractivity contribution >= 4 is 22.9 Å². The standard InChI is InChI=1S/C24H26N4O.C2H4O2/c1-14-6-4-5-7-19(14)23-20-12-25-11-18(20)13-28(23)24(29)17-8-9-21-22(10-17)27-16(3)15(2)26-21;1-2(3)4/h4-10,18,20,23,25H,11-13H2,1-3H3;1H3,(H,3,4)/t18-,20-,23-;/m0./s1. The lowest BCUT2D eigenvalue weighted by Gasteiger charge is -2.29. The van der Waals surface area contributed by atoms with E-state index in [9.17, 15) is 4.79 Å². The molecular weight excluding hydrogens is 416 g/mol. The van der Waals surface area contributed by atoms with Crippen molar-refractivity contribution in [3.05, 3.63) is 70.5 Å². The molecule has 2 aliphatic rings. The molecule has 2 aromatic carbocycles. The number of nitrogens with one attached hydrogen (secondary N) is 1. The van der Waals surface area contributed by atoms with E-state index >= 15 is 0 Å². The largest absolute Gasteiger partial charge is 0.481 e. The van der Waals surface area contributed by atoms with Crippen LogP contribution in [0, 0.1) is 32.6 Å². The van der Waals surface area contributed by atoms with Gasteiger partial charge in [-0.25, -0.2) is 9.97 Å². The lowest BCUT2D eigenvalue weighted by Crippen LogP contribution is -2.35. The van der Waals surface area contributed by atoms with Gasteiger partial charge in [-0.2, -0.15) is 0 Å². The van der Waals surface area contributed by atoms with Crippen molar-refractivity contribution in [2.24, 2.45) is 11.8 Å². The van der Waals surface area contributed by atoms with Crippen LogP contribution in [0.25, 0.3) is 11.0 Å². The number of rotatable bonds is 2. The van der Waals surface area contributed by atoms with Crippen LogP contribution in [0.5, 0.6) is 0 Å². The zero-order valence-corrected chi connectivity index (χ0v) is 19.5. The van der Waals surface area contributed by atoms with Gasteiger partial charge in [0.15, 0.2) is 0 Å². The van der Waals surface area contributed by atoms with E-state index in [0.717, 1.165) is 49.0 Å². The molecule has 5 rings (SSSR count). The molecule has 7 heteroatoms. The molecule has 3 heterocycles. The minimum atomic E-state index is -0.833. The Hall–Kier alpha value is -3.32. The number of fused-ring (bicyclic) bond motifs is 2. The number of aliphatic carboxylic acids is 1. The second-order valence-corrected chi connectivity index (χ2v) is 8.96. The molecule has 7 nitrogen and oxygen atoms in total. The van der Waals surface area contributed by atoms with Gasteiger partial charge in [-0.3, -0.25) is 9.59 Å². The molecule has 33 heavy (non-hydrogen) atoms. The number of carboxylic acid groups (broad SMARTS) is 1. The summed E-state index contributed by atoms with van der Waals surface area (Å²) in [6, 6.07) is 14.3. The van der Waals surface area contributed by atoms with Crippen LogP contribution in [0.15, 0.2) is 42.5 Å². The van der Waals surface area contributed by atoms with Gasteiger partial charge in [-0.05, 0) is 56.0 Å². The lowest BCUT2D eigenvalue weighted by molar-refractivity contribution is -0.134. The summed E-state index contributed by atoms with van der Waals surface area (Å²) < 4.78 is 0. The summed E-state index contributed by atoms with van der Waals surface area (Å²) in [5.74, 6) is 0.230. The van der Waals surface area contributed by atoms with Gasteiger partial charge in [-0.1, -0.05) is 24.3 Å². The van der Waals surface area contributed by atoms with E-state index in [1.807, 2.05) is 32.0 Å². The SMILES string of the molecule is CC(=O)O.Cc1ccccc1[C@H]1[C@H]2CNC[C@H]2CN1C(=O)c1ccc2nc(C)c(C)nc2c1. The van der Waals surface area contributed by atoms with Crippen LogP contribution >= 0.6 is 0 Å². The first-order chi connectivity index (χ1) is 15.8. The van der Waals surface area contributed by atoms with Gasteiger partial charge < -0.3 is 15.3 Å². The molecule has 0 aliphatic carbocycles. The molecule has 2 aliphatic heterocycles. The monoisotopic (exact) mass is 446 g/mol. The van der Waals surface area contributed by atoms with Crippen molar-refractivity contribution in [3.8, 4) is 0 Å². The van der Waals surface area contributed by atoms with E-state index in [2.05, 4.69) is 51.4 Å². The quantitative estimate of drug-likeness (QED) is 0.624. The van der Waals surface area contributed by atoms with Crippen LogP contribution in [-0.4, -0.2) is 51.5 Å². The zero-order chi connectivity index (χ0) is 23.7. The van der Waals surface area contributed by atoms with Gasteiger partial charge in [-0.15, -0.1) is 0 Å². The van der Waals surface area contributed by atoms with Gasteiger partial charge in [0, 0.05) is 38.0 Å². The Morgan fingerprint density at radius 1 is 1.00 bits per heavy atom. The summed E-state index contributed by atoms with van der Waals surface area (Å²) in [6.07, 6.45) is 0. The number of nitrogens with zero attached hydrogens (tertiary/aromatic N) is 3. The normalized spacial score (nSPS) is 21.5. The number of amides is 1. The van der Waals surface area contributed by atoms with E-state index in [-0.39, 0.29) is 11.9 Å². The molecular formula is C26H30N4O3. The number of likely N-dealkylation sites (tertiary alicyclic amines) is 1. The molecule has 0 saturated carbocycles. The number of carbonyl (C=O) groups excluding carboxylic acids is 1. The predicted molar refractivity (Wildman–Crippen MR) is 127 cm³/mol. The van der Waals surface area contributed by atoms with Crippen molar-refractivity contribution in [1.82, 2.24) is 20.2 Å². The topological polar surface area (TPSA) is 95.4 Å². The maximum Gasteiger partial charge on any atom is 0.300 e. The third kappa shape index (κ3) is 4.59. The van der Waals surface area contributed by atoms with Crippen LogP contribution in [0.1, 0.15) is 45.8 Å². The average Bonchev–Trinajstić information content (AvgIpc) is 3.35. The number of carboxylic acids is 1. The van der Waals surface area contributed by atoms with Crippen LogP contribution in [-0.2, 0) is 4.79 Å². The van der Waals surface area contributed by atoms with E-state index in [0.29, 0.717) is 17.4 Å². The number of hydrogen-bond donors (Lipinski definition) is 2. The summed E-state index contributed by atoms with van der Waals surface area (Å²) in [5, 5.41) is 10.9. The second kappa shape index (κ2) is 9.27. The summed E-state index contributed by atoms with van der Waals surface area (Å²) in [6.45, 7) is 9.90. The smallest absolute Gasteiger partial charge is 0.300 e. The highest BCUT2D eigenvalue weighted by molar-refractivity contribution is 5.97. The summed E-state index contributed by atoms with van der Waals surface area (Å²) >= 11 is 0. The predicted octanol–water partition coefficient (Wildman–Crippen LogP) is 3.68. The van der Waals surface area contributed by atoms with Crippen LogP contribution < -0.4 is 5.32 Å². The van der Waals surface area contributed by atoms with Crippen molar-refractivity contribution in [2.75, 3.05) is 19.6 Å². The Kier molecular flexibility index (Phi) is 6.42. The third-order valence-electron chi connectivity index (χ3n) is 6.65. The molecule has 0 unspecified atom stereocenters. The highest BCUT2D eigenvalue weighted by Crippen LogP contribution is 2.44. The maximum absolute atomic E-state index is 13.6. The molecule has 0 bridgehead atoms. The Balaban J connectivity index is 0.000000601. The second-order valence-electron chi connectivity index (χ2n) is 8.96. The van der Waals surface area contributed by atoms with Crippen molar-refractivity contribution in [2.45, 2.75) is 33.7 Å². The number of hydrogen-bond acceptors (Lipinski definition) is 5. The third-order valence-corrected chi connectivity index (χ3v) is 6.65. The van der Waals surface area contributed by atoms with Gasteiger partial charge in [0.05, 0.1) is 28.5 Å². The average molecular weight is 447 g/mol. The lowest BCUT2D eigenvalue weighted by atomic mass is 9.87. The molecule has 1 amide bonds. The van der Waals surface area contributed by atoms with Gasteiger partial charge >= 0.3 is 0 Å². The highest BCUT2D eigenvalue weighted by Gasteiger charge is 2.47. The molecule has 0 radical (unpaired) electrons. The van der Waals surface area contributed by atoms with E-state index in [1.54, 1.807) is 0 Å². The highest BCUT2D eigenvalue weighted by atomic mass is 16.4. The number of benzene rings is 2. The molecule has 2 saturated heterocycles. The molecule has 2 N–H and O–H groups in total. The Morgan fingerprint density at radius 3 is 2.36 bits per heavy atom. The fourth-order valence-corrected chi connectivity index (χ4v) is 4.98. The van der Waals surface area contributed by atoms with Crippen molar-refractivity contribution in [3.63, 3.8) is 0 Å². The van der Waals surface area contributed by atoms with Gasteiger partial charge in [0.1, 0.15) is 0 Å². The molecule has 3 atom stereocenters. The summed E-state index contributed by atoms with van der Waals surface area (Å²) in [7, 11) is 0. The molecule has 3 aromatic rings. The van der Waals surface area contributed by atoms with Crippen LogP contribution in [0.4, 0.5) is 0 Å². The van der Waals surface area contributed by atoms with E-state index in [1.165, 1.54) is 11.1 Å². The molecule has 172 valence electrons. The zero-order valence-electron chi connectivity index (χ0n) is 19.5. The molecule has 2 fully saturated rings. The number of aromatic nitrogens is 2. The Bertz CT molecular complexity index is 1210. The van der Waals surface area contributed by atoms with Crippen molar-refractivity contribution < 1.29 is 14.7 Å². The number of carbonyl (C=O) groups is 2. The minimum Gasteiger partial charge on any atom is -0.481 e. The number of aryl methyl sites for hydroxylation is 3. The van der Waals surface area contributed by atoms with E-state index < -0.39 is 5.97 Å². The fourth-order valence-electron chi connectivity index (χ4n) is 4.98. The first kappa shape index (κ1) is 22.9. The van der Waals surface area contributed by atoms with Gasteiger partial charge in [0.2, 0.25) is 0 Å². The Morgan fingerprint density at radius 2 is 1.67 bits per heavy atom. The van der Waals surface area contributed by atoms with Gasteiger partial charge in [0.25, 0.3) is 11.9 Å². The minimum absolute atomic E-state index is 0.0922. The first-order valence-corrected chi connectivity index (χ1v) is 11.3. The van der Waals surface area contributed by atoms with Crippen LogP contribution in [0.3, 0.4) is 0 Å². The van der Waals surface area contributed by atoms with E-state index in [4.69, 9.17) is 9.90 Å². The molecule has 1 aromatic heterocycles. The molecule has 0 spiro atoms.